The van der Waals surface area contributed by atoms with Gasteiger partial charge in [0, 0.05) is 6.54 Å². The summed E-state index contributed by atoms with van der Waals surface area (Å²) in [5.74, 6) is 0. The second kappa shape index (κ2) is 2.96. The van der Waals surface area contributed by atoms with E-state index in [1.807, 2.05) is 6.08 Å². The predicted molar refractivity (Wildman–Crippen MR) is 34.0 cm³/mol. The molecule has 0 aromatic rings. The third-order valence-corrected chi connectivity index (χ3v) is 1.44. The molecule has 0 aliphatic carbocycles. The Morgan fingerprint density at radius 1 is 1.67 bits per heavy atom. The van der Waals surface area contributed by atoms with Crippen molar-refractivity contribution < 1.29 is 10.2 Å². The van der Waals surface area contributed by atoms with Gasteiger partial charge in [-0.3, -0.25) is 0 Å². The first-order valence-electron chi connectivity index (χ1n) is 3.03. The lowest BCUT2D eigenvalue weighted by atomic mass is 10.1. The molecule has 0 aromatic heterocycles. The quantitative estimate of drug-likeness (QED) is 0.393. The highest BCUT2D eigenvalue weighted by atomic mass is 16.3. The van der Waals surface area contributed by atoms with E-state index in [-0.39, 0.29) is 12.6 Å². The van der Waals surface area contributed by atoms with Gasteiger partial charge in [0.2, 0.25) is 0 Å². The summed E-state index contributed by atoms with van der Waals surface area (Å²) in [6.07, 6.45) is 3.01. The van der Waals surface area contributed by atoms with E-state index in [1.54, 1.807) is 6.08 Å². The highest BCUT2D eigenvalue weighted by molar-refractivity contribution is 5.01. The van der Waals surface area contributed by atoms with Crippen LogP contribution in [0.4, 0.5) is 0 Å². The molecule has 0 spiro atoms. The van der Waals surface area contributed by atoms with Gasteiger partial charge in [-0.1, -0.05) is 12.2 Å². The summed E-state index contributed by atoms with van der Waals surface area (Å²) in [5, 5.41) is 20.6. The van der Waals surface area contributed by atoms with E-state index in [2.05, 4.69) is 5.32 Å². The second-order valence-electron chi connectivity index (χ2n) is 2.12. The minimum atomic E-state index is -0.524. The van der Waals surface area contributed by atoms with Crippen LogP contribution in [-0.2, 0) is 0 Å². The van der Waals surface area contributed by atoms with Crippen LogP contribution in [0.25, 0.3) is 0 Å². The van der Waals surface area contributed by atoms with E-state index in [9.17, 15) is 0 Å². The predicted octanol–water partition coefficient (Wildman–Crippen LogP) is -1.13. The maximum absolute atomic E-state index is 9.06. The van der Waals surface area contributed by atoms with Gasteiger partial charge in [0.15, 0.2) is 0 Å². The van der Waals surface area contributed by atoms with Crippen molar-refractivity contribution in [1.29, 1.82) is 0 Å². The largest absolute Gasteiger partial charge is 0.395 e. The molecule has 3 heteroatoms. The fourth-order valence-corrected chi connectivity index (χ4v) is 0.854. The molecule has 0 saturated carbocycles. The van der Waals surface area contributed by atoms with Crippen LogP contribution in [0, 0.1) is 0 Å². The van der Waals surface area contributed by atoms with Crippen molar-refractivity contribution in [3.63, 3.8) is 0 Å². The Morgan fingerprint density at radius 3 is 2.89 bits per heavy atom. The molecule has 1 aliphatic heterocycles. The second-order valence-corrected chi connectivity index (χ2v) is 2.12. The highest BCUT2D eigenvalue weighted by Crippen LogP contribution is 1.98. The molecule has 1 rings (SSSR count). The van der Waals surface area contributed by atoms with Gasteiger partial charge in [-0.2, -0.15) is 0 Å². The molecular formula is C6H11NO2. The van der Waals surface area contributed by atoms with Gasteiger partial charge in [0.1, 0.15) is 0 Å². The third kappa shape index (κ3) is 1.51. The van der Waals surface area contributed by atoms with Crippen LogP contribution in [-0.4, -0.2) is 35.5 Å². The number of hydrogen-bond acceptors (Lipinski definition) is 3. The van der Waals surface area contributed by atoms with Gasteiger partial charge in [-0.15, -0.1) is 0 Å². The summed E-state index contributed by atoms with van der Waals surface area (Å²) in [4.78, 5) is 0. The van der Waals surface area contributed by atoms with Gasteiger partial charge in [0.25, 0.3) is 0 Å². The Kier molecular flexibility index (Phi) is 2.22. The summed E-state index contributed by atoms with van der Waals surface area (Å²) < 4.78 is 0. The molecule has 0 amide bonds. The number of nitrogens with one attached hydrogen (secondary N) is 1. The summed E-state index contributed by atoms with van der Waals surface area (Å²) >= 11 is 0. The third-order valence-electron chi connectivity index (χ3n) is 1.44. The van der Waals surface area contributed by atoms with Gasteiger partial charge in [-0.05, 0) is 0 Å². The SMILES string of the molecule is OC[C@@H]1NCC=C[C@H]1O. The zero-order valence-electron chi connectivity index (χ0n) is 5.12. The fraction of sp³-hybridized carbons (Fsp3) is 0.667. The molecule has 0 aromatic carbocycles. The molecule has 2 atom stereocenters. The van der Waals surface area contributed by atoms with Crippen LogP contribution in [0.15, 0.2) is 12.2 Å². The van der Waals surface area contributed by atoms with Crippen LogP contribution in [0.5, 0.6) is 0 Å². The molecule has 3 nitrogen and oxygen atoms in total. The van der Waals surface area contributed by atoms with E-state index >= 15 is 0 Å². The Labute approximate surface area is 54.0 Å². The Balaban J connectivity index is 2.44. The van der Waals surface area contributed by atoms with Crippen molar-refractivity contribution in [2.75, 3.05) is 13.2 Å². The van der Waals surface area contributed by atoms with Crippen LogP contribution in [0.3, 0.4) is 0 Å². The van der Waals surface area contributed by atoms with Gasteiger partial charge >= 0.3 is 0 Å². The van der Waals surface area contributed by atoms with Crippen molar-refractivity contribution in [3.8, 4) is 0 Å². The van der Waals surface area contributed by atoms with Crippen LogP contribution in [0.2, 0.25) is 0 Å². The smallest absolute Gasteiger partial charge is 0.0896 e. The van der Waals surface area contributed by atoms with Crippen molar-refractivity contribution in [2.24, 2.45) is 0 Å². The Bertz CT molecular complexity index is 114. The zero-order valence-corrected chi connectivity index (χ0v) is 5.12. The lowest BCUT2D eigenvalue weighted by Gasteiger charge is -2.22. The van der Waals surface area contributed by atoms with E-state index in [1.165, 1.54) is 0 Å². The number of rotatable bonds is 1. The molecule has 1 heterocycles. The normalized spacial score (nSPS) is 34.9. The Morgan fingerprint density at radius 2 is 2.44 bits per heavy atom. The average molecular weight is 129 g/mol. The topological polar surface area (TPSA) is 52.5 Å². The first-order valence-corrected chi connectivity index (χ1v) is 3.03. The summed E-state index contributed by atoms with van der Waals surface area (Å²) in [6.45, 7) is 0.730. The average Bonchev–Trinajstić information content (AvgIpc) is 1.89. The molecule has 0 saturated heterocycles. The van der Waals surface area contributed by atoms with Crippen LogP contribution >= 0.6 is 0 Å². The van der Waals surface area contributed by atoms with E-state index < -0.39 is 6.10 Å². The number of hydrogen-bond donors (Lipinski definition) is 3. The highest BCUT2D eigenvalue weighted by Gasteiger charge is 2.16. The maximum atomic E-state index is 9.06. The van der Waals surface area contributed by atoms with Gasteiger partial charge in [0.05, 0.1) is 18.8 Å². The monoisotopic (exact) mass is 129 g/mol. The summed E-state index contributed by atoms with van der Waals surface area (Å²) in [7, 11) is 0. The lowest BCUT2D eigenvalue weighted by Crippen LogP contribution is -2.44. The van der Waals surface area contributed by atoms with E-state index in [0.29, 0.717) is 0 Å². The minimum Gasteiger partial charge on any atom is -0.395 e. The standard InChI is InChI=1S/C6H11NO2/c8-4-5-6(9)2-1-3-7-5/h1-2,5-9H,3-4H2/t5-,6+/m0/s1. The molecule has 0 radical (unpaired) electrons. The van der Waals surface area contributed by atoms with E-state index in [0.717, 1.165) is 6.54 Å². The molecule has 0 bridgehead atoms. The molecule has 52 valence electrons. The number of aliphatic hydroxyl groups is 2. The van der Waals surface area contributed by atoms with Crippen LogP contribution in [0.1, 0.15) is 0 Å². The molecular weight excluding hydrogens is 118 g/mol. The van der Waals surface area contributed by atoms with Crippen molar-refractivity contribution in [3.05, 3.63) is 12.2 Å². The lowest BCUT2D eigenvalue weighted by molar-refractivity contribution is 0.120. The Hall–Kier alpha value is -0.380. The molecule has 0 unspecified atom stereocenters. The van der Waals surface area contributed by atoms with Crippen molar-refractivity contribution in [2.45, 2.75) is 12.1 Å². The first-order chi connectivity index (χ1) is 4.34. The first kappa shape index (κ1) is 6.74. The molecule has 1 aliphatic rings. The zero-order chi connectivity index (χ0) is 6.69. The minimum absolute atomic E-state index is 0.00843. The van der Waals surface area contributed by atoms with E-state index in [4.69, 9.17) is 10.2 Å². The van der Waals surface area contributed by atoms with Gasteiger partial charge in [-0.25, -0.2) is 0 Å². The summed E-state index contributed by atoms with van der Waals surface area (Å²) in [6, 6.07) is -0.171. The summed E-state index contributed by atoms with van der Waals surface area (Å²) in [5.41, 5.74) is 0. The van der Waals surface area contributed by atoms with Crippen molar-refractivity contribution >= 4 is 0 Å². The molecule has 0 fully saturated rings. The maximum Gasteiger partial charge on any atom is 0.0896 e. The molecule has 3 N–H and O–H groups in total. The molecule has 9 heavy (non-hydrogen) atoms. The number of aliphatic hydroxyl groups excluding tert-OH is 2. The van der Waals surface area contributed by atoms with Crippen molar-refractivity contribution in [1.82, 2.24) is 5.32 Å². The fourth-order valence-electron chi connectivity index (χ4n) is 0.854. The van der Waals surface area contributed by atoms with Crippen LogP contribution < -0.4 is 5.32 Å². The van der Waals surface area contributed by atoms with Gasteiger partial charge < -0.3 is 15.5 Å².